The Hall–Kier alpha value is -2.21. The van der Waals surface area contributed by atoms with Crippen molar-refractivity contribution in [2.45, 2.75) is 12.8 Å². The molecule has 0 bridgehead atoms. The van der Waals surface area contributed by atoms with Crippen molar-refractivity contribution in [1.82, 2.24) is 10.0 Å². The summed E-state index contributed by atoms with van der Waals surface area (Å²) >= 11 is 3.34. The van der Waals surface area contributed by atoms with Crippen LogP contribution in [-0.2, 0) is 11.2 Å². The fourth-order valence-electron chi connectivity index (χ4n) is 2.69. The summed E-state index contributed by atoms with van der Waals surface area (Å²) in [6, 6.07) is 12.9. The highest BCUT2D eigenvalue weighted by Gasteiger charge is 2.31. The molecule has 0 N–H and O–H groups in total. The van der Waals surface area contributed by atoms with Crippen LogP contribution < -0.4 is 0 Å². The van der Waals surface area contributed by atoms with Crippen LogP contribution in [0.4, 0.5) is 4.39 Å². The van der Waals surface area contributed by atoms with Gasteiger partial charge in [-0.1, -0.05) is 28.1 Å². The minimum Gasteiger partial charge on any atom is -0.273 e. The van der Waals surface area contributed by atoms with Gasteiger partial charge < -0.3 is 0 Å². The van der Waals surface area contributed by atoms with Crippen LogP contribution in [0.1, 0.15) is 22.3 Å². The van der Waals surface area contributed by atoms with Crippen molar-refractivity contribution in [1.29, 1.82) is 0 Å². The van der Waals surface area contributed by atoms with Crippen LogP contribution >= 0.6 is 15.9 Å². The lowest BCUT2D eigenvalue weighted by atomic mass is 10.1. The maximum atomic E-state index is 13.0. The van der Waals surface area contributed by atoms with Crippen molar-refractivity contribution in [2.24, 2.45) is 0 Å². The normalized spacial score (nSPS) is 14.1. The number of carbonyl (C=O) groups excluding carboxylic acids is 2. The second kappa shape index (κ2) is 7.13. The standard InChI is InChI=1S/C18H16BrFN2O2/c19-15-6-4-14(5-7-15)18(24)22-11-1-10-21(22)17(23)12-13-2-8-16(20)9-3-13/h2-9H,1,10-12H2. The molecule has 2 amide bonds. The molecule has 24 heavy (non-hydrogen) atoms. The molecule has 1 saturated heterocycles. The number of hydrazine groups is 1. The van der Waals surface area contributed by atoms with Crippen molar-refractivity contribution < 1.29 is 14.0 Å². The van der Waals surface area contributed by atoms with E-state index in [1.54, 1.807) is 36.4 Å². The van der Waals surface area contributed by atoms with Gasteiger partial charge in [0.05, 0.1) is 6.42 Å². The molecular weight excluding hydrogens is 375 g/mol. The average Bonchev–Trinajstić information content (AvgIpc) is 3.07. The summed E-state index contributed by atoms with van der Waals surface area (Å²) in [6.07, 6.45) is 0.891. The van der Waals surface area contributed by atoms with E-state index in [2.05, 4.69) is 15.9 Å². The number of hydrogen-bond acceptors (Lipinski definition) is 2. The van der Waals surface area contributed by atoms with Gasteiger partial charge in [0, 0.05) is 23.1 Å². The molecule has 6 heteroatoms. The van der Waals surface area contributed by atoms with Gasteiger partial charge in [-0.05, 0) is 48.4 Å². The molecule has 4 nitrogen and oxygen atoms in total. The summed E-state index contributed by atoms with van der Waals surface area (Å²) in [5.41, 5.74) is 1.27. The van der Waals surface area contributed by atoms with Gasteiger partial charge in [0.1, 0.15) is 5.82 Å². The summed E-state index contributed by atoms with van der Waals surface area (Å²) in [7, 11) is 0. The third kappa shape index (κ3) is 3.64. The average molecular weight is 391 g/mol. The molecule has 0 radical (unpaired) electrons. The van der Waals surface area contributed by atoms with E-state index < -0.39 is 0 Å². The molecule has 0 spiro atoms. The summed E-state index contributed by atoms with van der Waals surface area (Å²) in [5, 5.41) is 2.99. The number of carbonyl (C=O) groups is 2. The highest BCUT2D eigenvalue weighted by Crippen LogP contribution is 2.18. The molecule has 2 aromatic carbocycles. The molecule has 0 aromatic heterocycles. The third-order valence-electron chi connectivity index (χ3n) is 3.91. The van der Waals surface area contributed by atoms with E-state index >= 15 is 0 Å². The van der Waals surface area contributed by atoms with Crippen LogP contribution in [0.5, 0.6) is 0 Å². The van der Waals surface area contributed by atoms with Crippen molar-refractivity contribution >= 4 is 27.7 Å². The van der Waals surface area contributed by atoms with Crippen LogP contribution in [0.25, 0.3) is 0 Å². The smallest absolute Gasteiger partial charge is 0.272 e. The number of amides is 2. The minimum absolute atomic E-state index is 0.143. The van der Waals surface area contributed by atoms with Gasteiger partial charge in [-0.3, -0.25) is 14.6 Å². The summed E-state index contributed by atoms with van der Waals surface area (Å²) in [5.74, 6) is -0.684. The molecule has 0 aliphatic carbocycles. The first kappa shape index (κ1) is 16.6. The van der Waals surface area contributed by atoms with Crippen molar-refractivity contribution in [3.8, 4) is 0 Å². The van der Waals surface area contributed by atoms with E-state index in [0.717, 1.165) is 16.5 Å². The molecule has 124 valence electrons. The van der Waals surface area contributed by atoms with Gasteiger partial charge in [-0.2, -0.15) is 0 Å². The van der Waals surface area contributed by atoms with Crippen LogP contribution in [-0.4, -0.2) is 34.9 Å². The van der Waals surface area contributed by atoms with E-state index in [4.69, 9.17) is 0 Å². The van der Waals surface area contributed by atoms with Crippen LogP contribution in [0.3, 0.4) is 0 Å². The summed E-state index contributed by atoms with van der Waals surface area (Å²) in [4.78, 5) is 25.2. The van der Waals surface area contributed by atoms with E-state index in [-0.39, 0.29) is 24.1 Å². The fraction of sp³-hybridized carbons (Fsp3) is 0.222. The van der Waals surface area contributed by atoms with E-state index in [9.17, 15) is 14.0 Å². The zero-order chi connectivity index (χ0) is 17.1. The van der Waals surface area contributed by atoms with Gasteiger partial charge in [0.15, 0.2) is 0 Å². The Morgan fingerprint density at radius 1 is 0.958 bits per heavy atom. The van der Waals surface area contributed by atoms with Gasteiger partial charge in [-0.25, -0.2) is 9.40 Å². The number of nitrogens with zero attached hydrogens (tertiary/aromatic N) is 2. The molecule has 0 atom stereocenters. The van der Waals surface area contributed by atoms with E-state index in [1.165, 1.54) is 22.2 Å². The second-order valence-corrected chi connectivity index (χ2v) is 6.52. The maximum absolute atomic E-state index is 13.0. The minimum atomic E-state index is -0.334. The topological polar surface area (TPSA) is 40.6 Å². The fourth-order valence-corrected chi connectivity index (χ4v) is 2.96. The summed E-state index contributed by atoms with van der Waals surface area (Å²) < 4.78 is 13.9. The first-order chi connectivity index (χ1) is 11.5. The van der Waals surface area contributed by atoms with E-state index in [1.807, 2.05) is 0 Å². The Morgan fingerprint density at radius 3 is 2.25 bits per heavy atom. The first-order valence-electron chi connectivity index (χ1n) is 7.67. The Kier molecular flexibility index (Phi) is 4.94. The molecule has 1 fully saturated rings. The Labute approximate surface area is 148 Å². The Balaban J connectivity index is 1.72. The lowest BCUT2D eigenvalue weighted by Crippen LogP contribution is -2.45. The molecule has 0 saturated carbocycles. The zero-order valence-corrected chi connectivity index (χ0v) is 14.5. The molecule has 1 heterocycles. The van der Waals surface area contributed by atoms with Gasteiger partial charge >= 0.3 is 0 Å². The summed E-state index contributed by atoms with van der Waals surface area (Å²) in [6.45, 7) is 1.03. The molecule has 0 unspecified atom stereocenters. The van der Waals surface area contributed by atoms with Crippen molar-refractivity contribution in [3.05, 3.63) is 69.9 Å². The monoisotopic (exact) mass is 390 g/mol. The van der Waals surface area contributed by atoms with Gasteiger partial charge in [0.2, 0.25) is 5.91 Å². The van der Waals surface area contributed by atoms with Crippen LogP contribution in [0, 0.1) is 5.82 Å². The van der Waals surface area contributed by atoms with Crippen LogP contribution in [0.2, 0.25) is 0 Å². The largest absolute Gasteiger partial charge is 0.273 e. The SMILES string of the molecule is O=C(Cc1ccc(F)cc1)N1CCCN1C(=O)c1ccc(Br)cc1. The lowest BCUT2D eigenvalue weighted by Gasteiger charge is -2.28. The predicted octanol–water partition coefficient (Wildman–Crippen LogP) is 3.42. The molecular formula is C18H16BrFN2O2. The quantitative estimate of drug-likeness (QED) is 0.805. The number of halogens is 2. The van der Waals surface area contributed by atoms with Crippen LogP contribution in [0.15, 0.2) is 53.0 Å². The molecule has 1 aliphatic rings. The Morgan fingerprint density at radius 2 is 1.58 bits per heavy atom. The molecule has 1 aliphatic heterocycles. The lowest BCUT2D eigenvalue weighted by molar-refractivity contribution is -0.139. The zero-order valence-electron chi connectivity index (χ0n) is 12.9. The van der Waals surface area contributed by atoms with Crippen molar-refractivity contribution in [3.63, 3.8) is 0 Å². The van der Waals surface area contributed by atoms with E-state index in [0.29, 0.717) is 18.7 Å². The molecule has 3 rings (SSSR count). The first-order valence-corrected chi connectivity index (χ1v) is 8.46. The highest BCUT2D eigenvalue weighted by atomic mass is 79.9. The highest BCUT2D eigenvalue weighted by molar-refractivity contribution is 9.10. The molecule has 2 aromatic rings. The Bertz CT molecular complexity index is 747. The van der Waals surface area contributed by atoms with Crippen molar-refractivity contribution in [2.75, 3.05) is 13.1 Å². The third-order valence-corrected chi connectivity index (χ3v) is 4.44. The second-order valence-electron chi connectivity index (χ2n) is 5.61. The van der Waals surface area contributed by atoms with Gasteiger partial charge in [-0.15, -0.1) is 0 Å². The predicted molar refractivity (Wildman–Crippen MR) is 91.6 cm³/mol. The number of rotatable bonds is 3. The van der Waals surface area contributed by atoms with Gasteiger partial charge in [0.25, 0.3) is 5.91 Å². The number of benzene rings is 2. The number of hydrogen-bond donors (Lipinski definition) is 0. The maximum Gasteiger partial charge on any atom is 0.272 e.